The van der Waals surface area contributed by atoms with Crippen LogP contribution >= 0.6 is 38.5 Å². The fourth-order valence-electron chi connectivity index (χ4n) is 1.60. The molecule has 0 aliphatic rings. The summed E-state index contributed by atoms with van der Waals surface area (Å²) in [7, 11) is 0. The summed E-state index contributed by atoms with van der Waals surface area (Å²) < 4.78 is 0.741. The van der Waals surface area contributed by atoms with Crippen LogP contribution in [0.1, 0.15) is 30.6 Å². The Bertz CT molecular complexity index is 423. The Morgan fingerprint density at radius 1 is 1.50 bits per heavy atom. The van der Waals surface area contributed by atoms with Crippen molar-refractivity contribution in [2.75, 3.05) is 5.33 Å². The molecule has 1 amide bonds. The van der Waals surface area contributed by atoms with Crippen LogP contribution in [-0.4, -0.2) is 22.4 Å². The van der Waals surface area contributed by atoms with Crippen LogP contribution in [0.3, 0.4) is 0 Å². The van der Waals surface area contributed by atoms with Crippen LogP contribution < -0.4 is 5.32 Å². The summed E-state index contributed by atoms with van der Waals surface area (Å²) in [6, 6.07) is 5.10. The number of phenols is 1. The average molecular weight is 426 g/mol. The second-order valence-electron chi connectivity index (χ2n) is 4.47. The number of alkyl halides is 1. The van der Waals surface area contributed by atoms with Crippen molar-refractivity contribution < 1.29 is 9.90 Å². The van der Waals surface area contributed by atoms with E-state index in [0.29, 0.717) is 11.5 Å². The van der Waals surface area contributed by atoms with Crippen LogP contribution in [0.4, 0.5) is 0 Å². The summed E-state index contributed by atoms with van der Waals surface area (Å²) in [6.07, 6.45) is 0.889. The average Bonchev–Trinajstić information content (AvgIpc) is 2.31. The number of hydrogen-bond donors (Lipinski definition) is 2. The molecule has 0 fully saturated rings. The molecular formula is C13H17BrINO2. The number of phenolic OH excluding ortho intramolecular Hbond substituents is 1. The van der Waals surface area contributed by atoms with Crippen molar-refractivity contribution in [3.63, 3.8) is 0 Å². The lowest BCUT2D eigenvalue weighted by Crippen LogP contribution is -2.38. The number of carbonyl (C=O) groups excluding carboxylic acids is 1. The molecule has 18 heavy (non-hydrogen) atoms. The highest BCUT2D eigenvalue weighted by Crippen LogP contribution is 2.20. The number of rotatable bonds is 5. The number of amides is 1. The summed E-state index contributed by atoms with van der Waals surface area (Å²) in [5, 5.41) is 13.5. The van der Waals surface area contributed by atoms with Crippen molar-refractivity contribution in [1.29, 1.82) is 0 Å². The van der Waals surface area contributed by atoms with Crippen molar-refractivity contribution in [3.8, 4) is 5.75 Å². The summed E-state index contributed by atoms with van der Waals surface area (Å²) in [5.41, 5.74) is 0.494. The molecule has 0 radical (unpaired) electrons. The third kappa shape index (κ3) is 4.42. The lowest BCUT2D eigenvalue weighted by Gasteiger charge is -2.21. The number of nitrogens with one attached hydrogen (secondary N) is 1. The Morgan fingerprint density at radius 2 is 2.17 bits per heavy atom. The van der Waals surface area contributed by atoms with Gasteiger partial charge in [0.1, 0.15) is 5.75 Å². The smallest absolute Gasteiger partial charge is 0.251 e. The summed E-state index contributed by atoms with van der Waals surface area (Å²) in [6.45, 7) is 4.16. The number of benzene rings is 1. The first-order valence-electron chi connectivity index (χ1n) is 5.81. The van der Waals surface area contributed by atoms with Crippen molar-refractivity contribution in [1.82, 2.24) is 5.32 Å². The number of halogens is 2. The van der Waals surface area contributed by atoms with Gasteiger partial charge in [-0.1, -0.05) is 29.8 Å². The first-order valence-corrected chi connectivity index (χ1v) is 8.01. The normalized spacial score (nSPS) is 12.5. The van der Waals surface area contributed by atoms with Crippen LogP contribution in [0.5, 0.6) is 5.75 Å². The first-order chi connectivity index (χ1) is 8.45. The minimum atomic E-state index is -0.138. The Balaban J connectivity index is 2.77. The van der Waals surface area contributed by atoms with E-state index in [1.165, 1.54) is 6.07 Å². The molecule has 2 N–H and O–H groups in total. The summed E-state index contributed by atoms with van der Waals surface area (Å²) in [5.74, 6) is 0.384. The second kappa shape index (κ2) is 7.33. The van der Waals surface area contributed by atoms with Gasteiger partial charge in [0.05, 0.1) is 3.57 Å². The third-order valence-corrected chi connectivity index (χ3v) is 4.12. The molecule has 5 heteroatoms. The van der Waals surface area contributed by atoms with Gasteiger partial charge in [-0.3, -0.25) is 4.79 Å². The highest BCUT2D eigenvalue weighted by molar-refractivity contribution is 14.1. The molecule has 0 bridgehead atoms. The topological polar surface area (TPSA) is 49.3 Å². The summed E-state index contributed by atoms with van der Waals surface area (Å²) >= 11 is 5.42. The molecule has 1 aromatic rings. The molecule has 3 nitrogen and oxygen atoms in total. The maximum atomic E-state index is 12.1. The predicted molar refractivity (Wildman–Crippen MR) is 85.3 cm³/mol. The van der Waals surface area contributed by atoms with Crippen molar-refractivity contribution in [2.45, 2.75) is 26.3 Å². The zero-order chi connectivity index (χ0) is 13.7. The van der Waals surface area contributed by atoms with Crippen molar-refractivity contribution >= 4 is 44.4 Å². The van der Waals surface area contributed by atoms with Gasteiger partial charge in [0.25, 0.3) is 5.91 Å². The molecule has 0 aliphatic carbocycles. The zero-order valence-electron chi connectivity index (χ0n) is 10.4. The molecule has 0 saturated carbocycles. The molecule has 0 saturated heterocycles. The SMILES string of the molecule is CC(C)C(CCBr)NC(=O)c1ccc(I)c(O)c1. The van der Waals surface area contributed by atoms with E-state index in [1.54, 1.807) is 12.1 Å². The van der Waals surface area contributed by atoms with E-state index in [0.717, 1.165) is 15.3 Å². The fourth-order valence-corrected chi connectivity index (χ4v) is 2.42. The van der Waals surface area contributed by atoms with Gasteiger partial charge in [-0.05, 0) is 53.1 Å². The zero-order valence-corrected chi connectivity index (χ0v) is 14.2. The number of carbonyl (C=O) groups is 1. The quantitative estimate of drug-likeness (QED) is 0.560. The molecule has 1 unspecified atom stereocenters. The Labute approximate surface area is 130 Å². The maximum absolute atomic E-state index is 12.1. The molecule has 0 aliphatic heterocycles. The van der Waals surface area contributed by atoms with Crippen LogP contribution in [0.15, 0.2) is 18.2 Å². The Morgan fingerprint density at radius 3 is 2.67 bits per heavy atom. The van der Waals surface area contributed by atoms with E-state index < -0.39 is 0 Å². The summed E-state index contributed by atoms with van der Waals surface area (Å²) in [4.78, 5) is 12.1. The van der Waals surface area contributed by atoms with Gasteiger partial charge in [0.2, 0.25) is 0 Å². The van der Waals surface area contributed by atoms with Gasteiger partial charge in [-0.25, -0.2) is 0 Å². The van der Waals surface area contributed by atoms with Crippen molar-refractivity contribution in [2.24, 2.45) is 5.92 Å². The van der Waals surface area contributed by atoms with Gasteiger partial charge in [0.15, 0.2) is 0 Å². The molecule has 0 spiro atoms. The van der Waals surface area contributed by atoms with Crippen LogP contribution in [0, 0.1) is 9.49 Å². The van der Waals surface area contributed by atoms with E-state index in [9.17, 15) is 9.90 Å². The second-order valence-corrected chi connectivity index (χ2v) is 6.42. The lowest BCUT2D eigenvalue weighted by atomic mass is 10.0. The standard InChI is InChI=1S/C13H17BrINO2/c1-8(2)11(5-6-14)16-13(18)9-3-4-10(15)12(17)7-9/h3-4,7-8,11,17H,5-6H2,1-2H3,(H,16,18). The third-order valence-electron chi connectivity index (χ3n) is 2.75. The molecular weight excluding hydrogens is 409 g/mol. The van der Waals surface area contributed by atoms with E-state index in [1.807, 2.05) is 22.6 Å². The molecule has 0 aromatic heterocycles. The van der Waals surface area contributed by atoms with Gasteiger partial charge >= 0.3 is 0 Å². The molecule has 1 atom stereocenters. The van der Waals surface area contributed by atoms with E-state index in [2.05, 4.69) is 35.1 Å². The monoisotopic (exact) mass is 425 g/mol. The number of hydrogen-bond acceptors (Lipinski definition) is 2. The van der Waals surface area contributed by atoms with Crippen LogP contribution in [0.2, 0.25) is 0 Å². The Hall–Kier alpha value is -0.300. The molecule has 1 rings (SSSR count). The highest BCUT2D eigenvalue weighted by atomic mass is 127. The van der Waals surface area contributed by atoms with Crippen LogP contribution in [0.25, 0.3) is 0 Å². The fraction of sp³-hybridized carbons (Fsp3) is 0.462. The first kappa shape index (κ1) is 15.8. The molecule has 0 heterocycles. The largest absolute Gasteiger partial charge is 0.507 e. The Kier molecular flexibility index (Phi) is 6.42. The van der Waals surface area contributed by atoms with Gasteiger partial charge in [-0.15, -0.1) is 0 Å². The van der Waals surface area contributed by atoms with Gasteiger partial charge < -0.3 is 10.4 Å². The number of aromatic hydroxyl groups is 1. The van der Waals surface area contributed by atoms with Gasteiger partial charge in [0, 0.05) is 16.9 Å². The van der Waals surface area contributed by atoms with Crippen LogP contribution in [-0.2, 0) is 0 Å². The van der Waals surface area contributed by atoms with Crippen molar-refractivity contribution in [3.05, 3.63) is 27.3 Å². The van der Waals surface area contributed by atoms with E-state index in [-0.39, 0.29) is 17.7 Å². The predicted octanol–water partition coefficient (Wildman–Crippen LogP) is 3.54. The van der Waals surface area contributed by atoms with Gasteiger partial charge in [-0.2, -0.15) is 0 Å². The molecule has 100 valence electrons. The lowest BCUT2D eigenvalue weighted by molar-refractivity contribution is 0.0924. The maximum Gasteiger partial charge on any atom is 0.251 e. The highest BCUT2D eigenvalue weighted by Gasteiger charge is 2.17. The molecule has 1 aromatic carbocycles. The minimum absolute atomic E-state index is 0.137. The van der Waals surface area contributed by atoms with E-state index >= 15 is 0 Å². The van der Waals surface area contributed by atoms with E-state index in [4.69, 9.17) is 0 Å². The minimum Gasteiger partial charge on any atom is -0.507 e.